The lowest BCUT2D eigenvalue weighted by Gasteiger charge is -2.29. The van der Waals surface area contributed by atoms with E-state index in [1.165, 1.54) is 0 Å². The zero-order chi connectivity index (χ0) is 11.4. The lowest BCUT2D eigenvalue weighted by atomic mass is 10.2. The molecule has 0 unspecified atom stereocenters. The van der Waals surface area contributed by atoms with Gasteiger partial charge >= 0.3 is 0 Å². The Morgan fingerprint density at radius 3 is 3.25 bits per heavy atom. The molecule has 2 heterocycles. The molecule has 0 radical (unpaired) electrons. The van der Waals surface area contributed by atoms with E-state index in [1.807, 2.05) is 24.1 Å². The molecule has 1 aliphatic rings. The average molecular weight is 220 g/mol. The average Bonchev–Trinajstić information content (AvgIpc) is 2.30. The lowest BCUT2D eigenvalue weighted by Crippen LogP contribution is -2.48. The number of carbonyl (C=O) groups is 1. The lowest BCUT2D eigenvalue weighted by molar-refractivity contribution is -0.120. The van der Waals surface area contributed by atoms with Crippen LogP contribution < -0.4 is 15.5 Å². The molecule has 0 atom stereocenters. The summed E-state index contributed by atoms with van der Waals surface area (Å²) in [5.74, 6) is 0.971. The molecule has 16 heavy (non-hydrogen) atoms. The van der Waals surface area contributed by atoms with E-state index in [0.717, 1.165) is 24.5 Å². The molecule has 1 amide bonds. The van der Waals surface area contributed by atoms with Crippen molar-refractivity contribution in [2.45, 2.75) is 6.54 Å². The summed E-state index contributed by atoms with van der Waals surface area (Å²) in [6, 6.07) is 3.95. The van der Waals surface area contributed by atoms with Crippen LogP contribution in [-0.4, -0.2) is 37.6 Å². The topological polar surface area (TPSA) is 57.3 Å². The minimum absolute atomic E-state index is 0.0623. The largest absolute Gasteiger partial charge is 0.353 e. The van der Waals surface area contributed by atoms with Crippen LogP contribution in [0, 0.1) is 0 Å². The number of amides is 1. The maximum absolute atomic E-state index is 11.3. The number of piperazine rings is 1. The van der Waals surface area contributed by atoms with Crippen molar-refractivity contribution in [2.75, 3.05) is 31.6 Å². The molecule has 0 bridgehead atoms. The number of nitrogens with zero attached hydrogens (tertiary/aromatic N) is 2. The van der Waals surface area contributed by atoms with Crippen molar-refractivity contribution in [1.29, 1.82) is 0 Å². The van der Waals surface area contributed by atoms with Crippen LogP contribution >= 0.6 is 0 Å². The summed E-state index contributed by atoms with van der Waals surface area (Å²) in [4.78, 5) is 17.7. The fourth-order valence-corrected chi connectivity index (χ4v) is 1.86. The van der Waals surface area contributed by atoms with Gasteiger partial charge in [0.25, 0.3) is 0 Å². The third-order valence-corrected chi connectivity index (χ3v) is 2.57. The molecule has 1 saturated heterocycles. The van der Waals surface area contributed by atoms with Gasteiger partial charge in [-0.3, -0.25) is 4.79 Å². The van der Waals surface area contributed by atoms with E-state index in [2.05, 4.69) is 15.6 Å². The van der Waals surface area contributed by atoms with Crippen molar-refractivity contribution in [2.24, 2.45) is 0 Å². The minimum Gasteiger partial charge on any atom is -0.353 e. The van der Waals surface area contributed by atoms with Crippen molar-refractivity contribution in [3.63, 3.8) is 0 Å². The summed E-state index contributed by atoms with van der Waals surface area (Å²) in [5, 5.41) is 5.92. The summed E-state index contributed by atoms with van der Waals surface area (Å²) in [6.45, 7) is 2.67. The number of aromatic nitrogens is 1. The van der Waals surface area contributed by atoms with E-state index in [1.54, 1.807) is 6.20 Å². The number of hydrogen-bond donors (Lipinski definition) is 2. The SMILES string of the molecule is CNCc1cccnc1N1CCNC(=O)C1. The summed E-state index contributed by atoms with van der Waals surface area (Å²) in [5.41, 5.74) is 1.12. The maximum atomic E-state index is 11.3. The van der Waals surface area contributed by atoms with Crippen molar-refractivity contribution < 1.29 is 4.79 Å². The smallest absolute Gasteiger partial charge is 0.239 e. The predicted octanol–water partition coefficient (Wildman–Crippen LogP) is -0.263. The quantitative estimate of drug-likeness (QED) is 0.736. The van der Waals surface area contributed by atoms with Crippen molar-refractivity contribution in [3.05, 3.63) is 23.9 Å². The first-order chi connectivity index (χ1) is 7.81. The van der Waals surface area contributed by atoms with Crippen molar-refractivity contribution in [3.8, 4) is 0 Å². The molecule has 5 nitrogen and oxygen atoms in total. The highest BCUT2D eigenvalue weighted by Crippen LogP contribution is 2.17. The molecule has 0 aliphatic carbocycles. The Labute approximate surface area is 94.9 Å². The Balaban J connectivity index is 2.21. The number of rotatable bonds is 3. The standard InChI is InChI=1S/C11H16N4O/c1-12-7-9-3-2-4-14-11(9)15-6-5-13-10(16)8-15/h2-4,12H,5-8H2,1H3,(H,13,16). The molecule has 2 N–H and O–H groups in total. The van der Waals surface area contributed by atoms with Crippen LogP contribution in [0.5, 0.6) is 0 Å². The van der Waals surface area contributed by atoms with E-state index in [-0.39, 0.29) is 5.91 Å². The van der Waals surface area contributed by atoms with Crippen LogP contribution in [0.15, 0.2) is 18.3 Å². The summed E-state index contributed by atoms with van der Waals surface area (Å²) < 4.78 is 0. The molecule has 2 rings (SSSR count). The number of pyridine rings is 1. The molecule has 0 saturated carbocycles. The predicted molar refractivity (Wildman–Crippen MR) is 62.2 cm³/mol. The molecule has 0 aromatic carbocycles. The van der Waals surface area contributed by atoms with E-state index in [4.69, 9.17) is 0 Å². The van der Waals surface area contributed by atoms with Crippen LogP contribution in [0.1, 0.15) is 5.56 Å². The zero-order valence-corrected chi connectivity index (χ0v) is 9.36. The van der Waals surface area contributed by atoms with Crippen LogP contribution in [-0.2, 0) is 11.3 Å². The van der Waals surface area contributed by atoms with E-state index < -0.39 is 0 Å². The number of carbonyl (C=O) groups excluding carboxylic acids is 1. The maximum Gasteiger partial charge on any atom is 0.239 e. The van der Waals surface area contributed by atoms with Crippen molar-refractivity contribution in [1.82, 2.24) is 15.6 Å². The summed E-state index contributed by atoms with van der Waals surface area (Å²) in [7, 11) is 1.90. The molecule has 5 heteroatoms. The van der Waals surface area contributed by atoms with Gasteiger partial charge in [-0.1, -0.05) is 6.07 Å². The summed E-state index contributed by atoms with van der Waals surface area (Å²) in [6.07, 6.45) is 1.76. The van der Waals surface area contributed by atoms with Gasteiger partial charge in [-0.15, -0.1) is 0 Å². The molecule has 1 aromatic rings. The van der Waals surface area contributed by atoms with E-state index >= 15 is 0 Å². The third-order valence-electron chi connectivity index (χ3n) is 2.57. The van der Waals surface area contributed by atoms with Crippen molar-refractivity contribution >= 4 is 11.7 Å². The molecule has 1 fully saturated rings. The minimum atomic E-state index is 0.0623. The highest BCUT2D eigenvalue weighted by Gasteiger charge is 2.19. The van der Waals surface area contributed by atoms with Crippen LogP contribution in [0.4, 0.5) is 5.82 Å². The van der Waals surface area contributed by atoms with Crippen LogP contribution in [0.25, 0.3) is 0 Å². The summed E-state index contributed by atoms with van der Waals surface area (Å²) >= 11 is 0. The Hall–Kier alpha value is -1.62. The monoisotopic (exact) mass is 220 g/mol. The van der Waals surface area contributed by atoms with Crippen LogP contribution in [0.3, 0.4) is 0 Å². The molecule has 0 spiro atoms. The van der Waals surface area contributed by atoms with Gasteiger partial charge < -0.3 is 15.5 Å². The number of hydrogen-bond acceptors (Lipinski definition) is 4. The van der Waals surface area contributed by atoms with E-state index in [0.29, 0.717) is 13.1 Å². The fourth-order valence-electron chi connectivity index (χ4n) is 1.86. The second-order valence-corrected chi connectivity index (χ2v) is 3.79. The fraction of sp³-hybridized carbons (Fsp3) is 0.455. The molecular weight excluding hydrogens is 204 g/mol. The second kappa shape index (κ2) is 4.94. The molecule has 1 aromatic heterocycles. The Kier molecular flexibility index (Phi) is 3.36. The molecule has 1 aliphatic heterocycles. The van der Waals surface area contributed by atoms with Gasteiger partial charge in [-0.2, -0.15) is 0 Å². The van der Waals surface area contributed by atoms with Gasteiger partial charge in [-0.05, 0) is 13.1 Å². The van der Waals surface area contributed by atoms with Gasteiger partial charge in [0.05, 0.1) is 6.54 Å². The first kappa shape index (κ1) is 10.9. The highest BCUT2D eigenvalue weighted by atomic mass is 16.2. The van der Waals surface area contributed by atoms with Crippen LogP contribution in [0.2, 0.25) is 0 Å². The highest BCUT2D eigenvalue weighted by molar-refractivity contribution is 5.82. The Morgan fingerprint density at radius 1 is 1.62 bits per heavy atom. The van der Waals surface area contributed by atoms with Gasteiger partial charge in [0.2, 0.25) is 5.91 Å². The third kappa shape index (κ3) is 2.30. The number of nitrogens with one attached hydrogen (secondary N) is 2. The first-order valence-corrected chi connectivity index (χ1v) is 5.41. The van der Waals surface area contributed by atoms with Gasteiger partial charge in [0.1, 0.15) is 5.82 Å². The van der Waals surface area contributed by atoms with Gasteiger partial charge in [0, 0.05) is 31.4 Å². The normalized spacial score (nSPS) is 16.1. The first-order valence-electron chi connectivity index (χ1n) is 5.41. The molecule has 86 valence electrons. The number of anilines is 1. The Morgan fingerprint density at radius 2 is 2.50 bits per heavy atom. The zero-order valence-electron chi connectivity index (χ0n) is 9.36. The van der Waals surface area contributed by atoms with Gasteiger partial charge in [0.15, 0.2) is 0 Å². The van der Waals surface area contributed by atoms with E-state index in [9.17, 15) is 4.79 Å². The second-order valence-electron chi connectivity index (χ2n) is 3.79. The van der Waals surface area contributed by atoms with Gasteiger partial charge in [-0.25, -0.2) is 4.98 Å². The Bertz CT molecular complexity index is 380. The molecular formula is C11H16N4O.